The Kier molecular flexibility index (Phi) is 4.38. The quantitative estimate of drug-likeness (QED) is 0.783. The first-order valence-corrected chi connectivity index (χ1v) is 7.66. The molecule has 1 saturated heterocycles. The van der Waals surface area contributed by atoms with Crippen molar-refractivity contribution in [2.24, 2.45) is 5.92 Å². The van der Waals surface area contributed by atoms with Crippen LogP contribution in [0.2, 0.25) is 0 Å². The predicted octanol–water partition coefficient (Wildman–Crippen LogP) is 3.67. The molecule has 100 valence electrons. The number of Topliss-reactive ketones (excluding diaryl/α,β-unsaturated/α-hetero) is 1. The maximum absolute atomic E-state index is 11.5. The molecule has 3 nitrogen and oxygen atoms in total. The Balaban J connectivity index is 2.11. The molecule has 0 amide bonds. The van der Waals surface area contributed by atoms with Crippen molar-refractivity contribution in [2.45, 2.75) is 46.5 Å². The minimum Gasteiger partial charge on any atom is -0.348 e. The fourth-order valence-electron chi connectivity index (χ4n) is 2.61. The molecule has 1 aromatic heterocycles. The average Bonchev–Trinajstić information content (AvgIpc) is 2.60. The second-order valence-corrected chi connectivity index (χ2v) is 6.14. The SMILES string of the molecule is CCC1CCCN(c2nc(C)c(C(C)=O)s2)CC1. The number of thiazole rings is 1. The van der Waals surface area contributed by atoms with Crippen molar-refractivity contribution in [3.05, 3.63) is 10.6 Å². The summed E-state index contributed by atoms with van der Waals surface area (Å²) in [4.78, 5) is 19.2. The molecule has 0 aromatic carbocycles. The molecule has 0 bridgehead atoms. The predicted molar refractivity (Wildman–Crippen MR) is 76.7 cm³/mol. The van der Waals surface area contributed by atoms with Crippen LogP contribution in [-0.2, 0) is 0 Å². The Morgan fingerprint density at radius 1 is 1.44 bits per heavy atom. The van der Waals surface area contributed by atoms with Gasteiger partial charge in [0.05, 0.1) is 10.6 Å². The lowest BCUT2D eigenvalue weighted by atomic mass is 9.98. The van der Waals surface area contributed by atoms with Crippen molar-refractivity contribution in [3.63, 3.8) is 0 Å². The summed E-state index contributed by atoms with van der Waals surface area (Å²) in [5, 5.41) is 1.04. The number of nitrogens with zero attached hydrogens (tertiary/aromatic N) is 2. The average molecular weight is 266 g/mol. The van der Waals surface area contributed by atoms with Gasteiger partial charge in [0.2, 0.25) is 0 Å². The summed E-state index contributed by atoms with van der Waals surface area (Å²) in [5.41, 5.74) is 0.888. The molecule has 1 atom stereocenters. The van der Waals surface area contributed by atoms with E-state index in [1.54, 1.807) is 18.3 Å². The zero-order valence-electron chi connectivity index (χ0n) is 11.5. The van der Waals surface area contributed by atoms with Gasteiger partial charge in [-0.15, -0.1) is 0 Å². The van der Waals surface area contributed by atoms with Crippen LogP contribution in [-0.4, -0.2) is 23.9 Å². The molecule has 1 aliphatic rings. The van der Waals surface area contributed by atoms with Gasteiger partial charge in [-0.1, -0.05) is 24.7 Å². The van der Waals surface area contributed by atoms with Gasteiger partial charge in [0.15, 0.2) is 10.9 Å². The molecule has 1 aliphatic heterocycles. The van der Waals surface area contributed by atoms with Crippen LogP contribution in [0.5, 0.6) is 0 Å². The van der Waals surface area contributed by atoms with Gasteiger partial charge in [0.25, 0.3) is 0 Å². The zero-order chi connectivity index (χ0) is 13.1. The van der Waals surface area contributed by atoms with E-state index in [0.29, 0.717) is 0 Å². The van der Waals surface area contributed by atoms with Crippen molar-refractivity contribution in [1.82, 2.24) is 4.98 Å². The number of ketones is 1. The molecular formula is C14H22N2OS. The molecule has 2 rings (SSSR count). The standard InChI is InChI=1S/C14H22N2OS/c1-4-12-6-5-8-16(9-7-12)14-15-10(2)13(18-14)11(3)17/h12H,4-9H2,1-3H3. The molecule has 1 unspecified atom stereocenters. The van der Waals surface area contributed by atoms with Crippen LogP contribution in [0.4, 0.5) is 5.13 Å². The Bertz CT molecular complexity index is 427. The number of aryl methyl sites for hydroxylation is 1. The lowest BCUT2D eigenvalue weighted by molar-refractivity contribution is 0.102. The summed E-state index contributed by atoms with van der Waals surface area (Å²) >= 11 is 1.56. The second kappa shape index (κ2) is 5.83. The Hall–Kier alpha value is -0.900. The lowest BCUT2D eigenvalue weighted by Gasteiger charge is -2.19. The van der Waals surface area contributed by atoms with Crippen molar-refractivity contribution < 1.29 is 4.79 Å². The minimum absolute atomic E-state index is 0.137. The highest BCUT2D eigenvalue weighted by Gasteiger charge is 2.20. The second-order valence-electron chi connectivity index (χ2n) is 5.16. The number of rotatable bonds is 3. The molecule has 2 heterocycles. The molecular weight excluding hydrogens is 244 g/mol. The van der Waals surface area contributed by atoms with Crippen LogP contribution in [0.15, 0.2) is 0 Å². The maximum atomic E-state index is 11.5. The molecule has 4 heteroatoms. The van der Waals surface area contributed by atoms with Gasteiger partial charge in [-0.3, -0.25) is 4.79 Å². The highest BCUT2D eigenvalue weighted by atomic mass is 32.1. The highest BCUT2D eigenvalue weighted by Crippen LogP contribution is 2.29. The first-order chi connectivity index (χ1) is 8.61. The maximum Gasteiger partial charge on any atom is 0.186 e. The lowest BCUT2D eigenvalue weighted by Crippen LogP contribution is -2.23. The van der Waals surface area contributed by atoms with Crippen molar-refractivity contribution in [3.8, 4) is 0 Å². The molecule has 0 N–H and O–H groups in total. The minimum atomic E-state index is 0.137. The van der Waals surface area contributed by atoms with E-state index in [-0.39, 0.29) is 5.78 Å². The number of carbonyl (C=O) groups excluding carboxylic acids is 1. The fraction of sp³-hybridized carbons (Fsp3) is 0.714. The third-order valence-corrected chi connectivity index (χ3v) is 5.12. The number of carbonyl (C=O) groups is 1. The van der Waals surface area contributed by atoms with Gasteiger partial charge in [0.1, 0.15) is 0 Å². The van der Waals surface area contributed by atoms with E-state index < -0.39 is 0 Å². The van der Waals surface area contributed by atoms with E-state index in [2.05, 4.69) is 16.8 Å². The van der Waals surface area contributed by atoms with E-state index in [0.717, 1.165) is 34.7 Å². The van der Waals surface area contributed by atoms with E-state index in [1.807, 2.05) is 6.92 Å². The first kappa shape index (κ1) is 13.5. The van der Waals surface area contributed by atoms with E-state index in [9.17, 15) is 4.79 Å². The topological polar surface area (TPSA) is 33.2 Å². The molecule has 0 radical (unpaired) electrons. The number of aromatic nitrogens is 1. The summed E-state index contributed by atoms with van der Waals surface area (Å²) in [7, 11) is 0. The molecule has 1 aromatic rings. The summed E-state index contributed by atoms with van der Waals surface area (Å²) in [6.45, 7) is 8.01. The third kappa shape index (κ3) is 2.91. The molecule has 0 saturated carbocycles. The van der Waals surface area contributed by atoms with Crippen molar-refractivity contribution in [1.29, 1.82) is 0 Å². The van der Waals surface area contributed by atoms with Crippen molar-refractivity contribution in [2.75, 3.05) is 18.0 Å². The number of hydrogen-bond acceptors (Lipinski definition) is 4. The van der Waals surface area contributed by atoms with Crippen LogP contribution >= 0.6 is 11.3 Å². The normalized spacial score (nSPS) is 20.8. The van der Waals surface area contributed by atoms with Gasteiger partial charge in [-0.25, -0.2) is 4.98 Å². The monoisotopic (exact) mass is 266 g/mol. The Morgan fingerprint density at radius 3 is 2.83 bits per heavy atom. The van der Waals surface area contributed by atoms with Gasteiger partial charge < -0.3 is 4.90 Å². The van der Waals surface area contributed by atoms with Gasteiger partial charge in [-0.05, 0) is 32.1 Å². The zero-order valence-corrected chi connectivity index (χ0v) is 12.3. The van der Waals surface area contributed by atoms with Crippen LogP contribution in [0.1, 0.15) is 54.9 Å². The largest absolute Gasteiger partial charge is 0.348 e. The van der Waals surface area contributed by atoms with Crippen molar-refractivity contribution >= 4 is 22.3 Å². The van der Waals surface area contributed by atoms with E-state index in [1.165, 1.54) is 25.7 Å². The van der Waals surface area contributed by atoms with Gasteiger partial charge in [0, 0.05) is 20.0 Å². The molecule has 0 aliphatic carbocycles. The number of anilines is 1. The van der Waals surface area contributed by atoms with Crippen LogP contribution in [0, 0.1) is 12.8 Å². The van der Waals surface area contributed by atoms with Gasteiger partial charge >= 0.3 is 0 Å². The molecule has 18 heavy (non-hydrogen) atoms. The smallest absolute Gasteiger partial charge is 0.186 e. The summed E-state index contributed by atoms with van der Waals surface area (Å²) in [6.07, 6.45) is 5.11. The third-order valence-electron chi connectivity index (χ3n) is 3.80. The highest BCUT2D eigenvalue weighted by molar-refractivity contribution is 7.17. The van der Waals surface area contributed by atoms with E-state index in [4.69, 9.17) is 0 Å². The molecule has 0 spiro atoms. The Labute approximate surface area is 113 Å². The van der Waals surface area contributed by atoms with Gasteiger partial charge in [-0.2, -0.15) is 0 Å². The summed E-state index contributed by atoms with van der Waals surface area (Å²) in [6, 6.07) is 0. The summed E-state index contributed by atoms with van der Waals surface area (Å²) in [5.74, 6) is 1.00. The van der Waals surface area contributed by atoms with E-state index >= 15 is 0 Å². The first-order valence-electron chi connectivity index (χ1n) is 6.85. The Morgan fingerprint density at radius 2 is 2.22 bits per heavy atom. The van der Waals surface area contributed by atoms with Crippen LogP contribution < -0.4 is 4.90 Å². The van der Waals surface area contributed by atoms with Crippen LogP contribution in [0.25, 0.3) is 0 Å². The fourth-order valence-corrected chi connectivity index (χ4v) is 3.62. The summed E-state index contributed by atoms with van der Waals surface area (Å²) < 4.78 is 0. The molecule has 1 fully saturated rings. The number of hydrogen-bond donors (Lipinski definition) is 0. The van der Waals surface area contributed by atoms with Crippen LogP contribution in [0.3, 0.4) is 0 Å².